The Hall–Kier alpha value is -2.40. The van der Waals surface area contributed by atoms with Crippen LogP contribution in [0, 0.1) is 0 Å². The van der Waals surface area contributed by atoms with Crippen molar-refractivity contribution in [2.45, 2.75) is 13.0 Å². The fourth-order valence-electron chi connectivity index (χ4n) is 1.75. The van der Waals surface area contributed by atoms with E-state index in [2.05, 4.69) is 10.3 Å². The van der Waals surface area contributed by atoms with Crippen LogP contribution in [0.2, 0.25) is 0 Å². The highest BCUT2D eigenvalue weighted by molar-refractivity contribution is 5.91. The molecule has 104 valence electrons. The molecular weight excluding hydrogens is 256 g/mol. The quantitative estimate of drug-likeness (QED) is 0.870. The van der Waals surface area contributed by atoms with E-state index < -0.39 is 0 Å². The van der Waals surface area contributed by atoms with Crippen LogP contribution < -0.4 is 10.1 Å². The third-order valence-corrected chi connectivity index (χ3v) is 2.76. The molecule has 0 atom stereocenters. The summed E-state index contributed by atoms with van der Waals surface area (Å²) in [5.41, 5.74) is 1.41. The van der Waals surface area contributed by atoms with E-state index in [0.29, 0.717) is 11.5 Å². The van der Waals surface area contributed by atoms with Gasteiger partial charge < -0.3 is 15.2 Å². The standard InChI is InChI=1S/C15H16N2O3/c1-20-13-7-5-11(6-8-13)9-15(19)17-14-4-2-3-12(10-18)16-14/h2-8,18H,9-10H2,1H3,(H,16,17,19). The number of nitrogens with zero attached hydrogens (tertiary/aromatic N) is 1. The van der Waals surface area contributed by atoms with E-state index in [4.69, 9.17) is 9.84 Å². The van der Waals surface area contributed by atoms with Crippen molar-refractivity contribution in [3.63, 3.8) is 0 Å². The summed E-state index contributed by atoms with van der Waals surface area (Å²) in [5, 5.41) is 11.7. The fraction of sp³-hybridized carbons (Fsp3) is 0.200. The molecule has 0 saturated carbocycles. The van der Waals surface area contributed by atoms with Crippen LogP contribution in [0.15, 0.2) is 42.5 Å². The van der Waals surface area contributed by atoms with E-state index in [1.807, 2.05) is 24.3 Å². The lowest BCUT2D eigenvalue weighted by molar-refractivity contribution is -0.115. The number of nitrogens with one attached hydrogen (secondary N) is 1. The molecular formula is C15H16N2O3. The van der Waals surface area contributed by atoms with Gasteiger partial charge in [0.15, 0.2) is 0 Å². The lowest BCUT2D eigenvalue weighted by Crippen LogP contribution is -2.15. The summed E-state index contributed by atoms with van der Waals surface area (Å²) in [6.45, 7) is -0.151. The normalized spacial score (nSPS) is 10.1. The topological polar surface area (TPSA) is 71.5 Å². The highest BCUT2D eigenvalue weighted by Gasteiger charge is 2.05. The van der Waals surface area contributed by atoms with E-state index >= 15 is 0 Å². The second-order valence-electron chi connectivity index (χ2n) is 4.25. The second-order valence-corrected chi connectivity index (χ2v) is 4.25. The Morgan fingerprint density at radius 3 is 2.65 bits per heavy atom. The van der Waals surface area contributed by atoms with E-state index in [9.17, 15) is 4.79 Å². The number of methoxy groups -OCH3 is 1. The molecule has 5 nitrogen and oxygen atoms in total. The average molecular weight is 272 g/mol. The van der Waals surface area contributed by atoms with Gasteiger partial charge in [0.25, 0.3) is 0 Å². The molecule has 0 bridgehead atoms. The number of aromatic nitrogens is 1. The Morgan fingerprint density at radius 2 is 2.00 bits per heavy atom. The summed E-state index contributed by atoms with van der Waals surface area (Å²) in [4.78, 5) is 16.0. The number of aliphatic hydroxyl groups is 1. The Kier molecular flexibility index (Phi) is 4.68. The van der Waals surface area contributed by atoms with Crippen LogP contribution in [-0.2, 0) is 17.8 Å². The molecule has 2 rings (SSSR count). The third kappa shape index (κ3) is 3.80. The van der Waals surface area contributed by atoms with Gasteiger partial charge in [-0.1, -0.05) is 18.2 Å². The van der Waals surface area contributed by atoms with E-state index in [1.54, 1.807) is 25.3 Å². The van der Waals surface area contributed by atoms with Crippen LogP contribution in [0.5, 0.6) is 5.75 Å². The summed E-state index contributed by atoms with van der Waals surface area (Å²) in [6, 6.07) is 12.4. The molecule has 0 unspecified atom stereocenters. The lowest BCUT2D eigenvalue weighted by atomic mass is 10.1. The predicted octanol–water partition coefficient (Wildman–Crippen LogP) is 1.76. The first-order chi connectivity index (χ1) is 9.71. The lowest BCUT2D eigenvalue weighted by Gasteiger charge is -2.06. The van der Waals surface area contributed by atoms with Gasteiger partial charge in [-0.25, -0.2) is 4.98 Å². The Morgan fingerprint density at radius 1 is 1.25 bits per heavy atom. The Labute approximate surface area is 117 Å². The zero-order valence-electron chi connectivity index (χ0n) is 11.2. The Balaban J connectivity index is 1.97. The summed E-state index contributed by atoms with van der Waals surface area (Å²) in [5.74, 6) is 1.04. The van der Waals surface area contributed by atoms with Crippen LogP contribution in [0.3, 0.4) is 0 Å². The van der Waals surface area contributed by atoms with Crippen LogP contribution in [0.4, 0.5) is 5.82 Å². The average Bonchev–Trinajstić information content (AvgIpc) is 2.48. The highest BCUT2D eigenvalue weighted by Crippen LogP contribution is 2.12. The molecule has 2 N–H and O–H groups in total. The predicted molar refractivity (Wildman–Crippen MR) is 75.5 cm³/mol. The minimum Gasteiger partial charge on any atom is -0.497 e. The van der Waals surface area contributed by atoms with Crippen molar-refractivity contribution in [2.24, 2.45) is 0 Å². The number of ether oxygens (including phenoxy) is 1. The zero-order chi connectivity index (χ0) is 14.4. The van der Waals surface area contributed by atoms with Crippen molar-refractivity contribution >= 4 is 11.7 Å². The molecule has 0 saturated heterocycles. The molecule has 20 heavy (non-hydrogen) atoms. The van der Waals surface area contributed by atoms with Gasteiger partial charge in [-0.15, -0.1) is 0 Å². The number of benzene rings is 1. The van der Waals surface area contributed by atoms with Gasteiger partial charge in [0, 0.05) is 0 Å². The van der Waals surface area contributed by atoms with Crippen molar-refractivity contribution in [1.29, 1.82) is 0 Å². The molecule has 0 aliphatic carbocycles. The number of anilines is 1. The van der Waals surface area contributed by atoms with Crippen LogP contribution >= 0.6 is 0 Å². The first-order valence-electron chi connectivity index (χ1n) is 6.21. The summed E-state index contributed by atoms with van der Waals surface area (Å²) < 4.78 is 5.06. The van der Waals surface area contributed by atoms with Gasteiger partial charge in [-0.05, 0) is 29.8 Å². The van der Waals surface area contributed by atoms with Crippen molar-refractivity contribution in [3.05, 3.63) is 53.7 Å². The van der Waals surface area contributed by atoms with E-state index in [-0.39, 0.29) is 18.9 Å². The molecule has 1 aromatic carbocycles. The molecule has 0 aliphatic rings. The molecule has 0 fully saturated rings. The van der Waals surface area contributed by atoms with Gasteiger partial charge in [0.05, 0.1) is 25.8 Å². The van der Waals surface area contributed by atoms with Gasteiger partial charge in [0.2, 0.25) is 5.91 Å². The SMILES string of the molecule is COc1ccc(CC(=O)Nc2cccc(CO)n2)cc1. The summed E-state index contributed by atoms with van der Waals surface area (Å²) >= 11 is 0. The van der Waals surface area contributed by atoms with Crippen LogP contribution in [0.1, 0.15) is 11.3 Å². The molecule has 0 radical (unpaired) electrons. The monoisotopic (exact) mass is 272 g/mol. The number of hydrogen-bond acceptors (Lipinski definition) is 4. The highest BCUT2D eigenvalue weighted by atomic mass is 16.5. The largest absolute Gasteiger partial charge is 0.497 e. The molecule has 5 heteroatoms. The molecule has 2 aromatic rings. The van der Waals surface area contributed by atoms with Crippen LogP contribution in [-0.4, -0.2) is 23.1 Å². The Bertz CT molecular complexity index is 582. The number of carbonyl (C=O) groups is 1. The summed E-state index contributed by atoms with van der Waals surface area (Å²) in [7, 11) is 1.60. The second kappa shape index (κ2) is 6.68. The first-order valence-corrected chi connectivity index (χ1v) is 6.21. The fourth-order valence-corrected chi connectivity index (χ4v) is 1.75. The van der Waals surface area contributed by atoms with Crippen LogP contribution in [0.25, 0.3) is 0 Å². The molecule has 1 aromatic heterocycles. The van der Waals surface area contributed by atoms with Gasteiger partial charge in [-0.3, -0.25) is 4.79 Å². The van der Waals surface area contributed by atoms with Gasteiger partial charge in [-0.2, -0.15) is 0 Å². The maximum atomic E-state index is 11.9. The van der Waals surface area contributed by atoms with Crippen molar-refractivity contribution < 1.29 is 14.6 Å². The number of aliphatic hydroxyl groups excluding tert-OH is 1. The maximum absolute atomic E-state index is 11.9. The molecule has 0 aliphatic heterocycles. The van der Waals surface area contributed by atoms with E-state index in [0.717, 1.165) is 11.3 Å². The maximum Gasteiger partial charge on any atom is 0.229 e. The first kappa shape index (κ1) is 14.0. The minimum atomic E-state index is -0.155. The van der Waals surface area contributed by atoms with Crippen molar-refractivity contribution in [1.82, 2.24) is 4.98 Å². The smallest absolute Gasteiger partial charge is 0.229 e. The molecule has 0 spiro atoms. The van der Waals surface area contributed by atoms with Crippen molar-refractivity contribution in [2.75, 3.05) is 12.4 Å². The van der Waals surface area contributed by atoms with Gasteiger partial charge in [0.1, 0.15) is 11.6 Å². The number of amides is 1. The molecule has 1 amide bonds. The summed E-state index contributed by atoms with van der Waals surface area (Å²) in [6.07, 6.45) is 0.259. The number of pyridine rings is 1. The molecule has 1 heterocycles. The third-order valence-electron chi connectivity index (χ3n) is 2.76. The number of hydrogen-bond donors (Lipinski definition) is 2. The minimum absolute atomic E-state index is 0.151. The van der Waals surface area contributed by atoms with Crippen molar-refractivity contribution in [3.8, 4) is 5.75 Å². The van der Waals surface area contributed by atoms with E-state index in [1.165, 1.54) is 0 Å². The number of carbonyl (C=O) groups excluding carboxylic acids is 1. The number of rotatable bonds is 5. The van der Waals surface area contributed by atoms with Gasteiger partial charge >= 0.3 is 0 Å². The zero-order valence-corrected chi connectivity index (χ0v) is 11.2.